The first-order valence-electron chi connectivity index (χ1n) is 13.2. The van der Waals surface area contributed by atoms with Crippen LogP contribution in [-0.2, 0) is 24.2 Å². The maximum atomic E-state index is 11.3. The molecule has 0 bridgehead atoms. The van der Waals surface area contributed by atoms with Crippen LogP contribution in [0.5, 0.6) is 11.5 Å². The minimum Gasteiger partial charge on any atom is -0.494 e. The van der Waals surface area contributed by atoms with Crippen molar-refractivity contribution in [1.82, 2.24) is 5.32 Å². The summed E-state index contributed by atoms with van der Waals surface area (Å²) in [5.41, 5.74) is 10.0. The molecule has 38 heavy (non-hydrogen) atoms. The number of rotatable bonds is 13. The fraction of sp³-hybridized carbons (Fsp3) is 0.387. The highest BCUT2D eigenvalue weighted by atomic mass is 16.7. The van der Waals surface area contributed by atoms with Crippen molar-refractivity contribution in [3.05, 3.63) is 94.5 Å². The highest BCUT2D eigenvalue weighted by Crippen LogP contribution is 2.32. The van der Waals surface area contributed by atoms with Crippen LogP contribution in [0.1, 0.15) is 65.4 Å². The zero-order valence-electron chi connectivity index (χ0n) is 22.2. The fourth-order valence-corrected chi connectivity index (χ4v) is 4.41. The number of hydrogen-bond donors (Lipinski definition) is 3. The maximum absolute atomic E-state index is 11.3. The number of benzene rings is 3. The molecular weight excluding hydrogens is 480 g/mol. The van der Waals surface area contributed by atoms with Gasteiger partial charge in [-0.1, -0.05) is 30.3 Å². The Morgan fingerprint density at radius 1 is 1.05 bits per heavy atom. The molecule has 4 rings (SSSR count). The van der Waals surface area contributed by atoms with E-state index in [1.807, 2.05) is 62.4 Å². The Labute approximate surface area is 224 Å². The lowest BCUT2D eigenvalue weighted by atomic mass is 10.0. The second kappa shape index (κ2) is 12.9. The van der Waals surface area contributed by atoms with Gasteiger partial charge in [0.25, 0.3) is 0 Å². The molecule has 0 fully saturated rings. The number of carbonyl (C=O) groups excluding carboxylic acids is 1. The van der Waals surface area contributed by atoms with E-state index in [9.17, 15) is 9.90 Å². The summed E-state index contributed by atoms with van der Waals surface area (Å²) in [4.78, 5) is 11.3. The van der Waals surface area contributed by atoms with E-state index in [1.54, 1.807) is 6.07 Å². The molecular formula is C31H38N2O5. The first-order chi connectivity index (χ1) is 18.3. The zero-order valence-corrected chi connectivity index (χ0v) is 22.2. The molecule has 0 saturated heterocycles. The van der Waals surface area contributed by atoms with Gasteiger partial charge in [0.1, 0.15) is 11.5 Å². The van der Waals surface area contributed by atoms with Crippen molar-refractivity contribution in [2.75, 3.05) is 19.7 Å². The first-order valence-corrected chi connectivity index (χ1v) is 13.2. The van der Waals surface area contributed by atoms with Crippen LogP contribution in [0.2, 0.25) is 0 Å². The summed E-state index contributed by atoms with van der Waals surface area (Å²) >= 11 is 0. The van der Waals surface area contributed by atoms with Crippen molar-refractivity contribution >= 4 is 5.91 Å². The summed E-state index contributed by atoms with van der Waals surface area (Å²) < 4.78 is 17.4. The van der Waals surface area contributed by atoms with Gasteiger partial charge in [-0.05, 0) is 85.3 Å². The number of fused-ring (bicyclic) bond motifs is 1. The van der Waals surface area contributed by atoms with Gasteiger partial charge in [-0.2, -0.15) is 0 Å². The van der Waals surface area contributed by atoms with Gasteiger partial charge >= 0.3 is 0 Å². The molecule has 1 aliphatic heterocycles. The van der Waals surface area contributed by atoms with Crippen molar-refractivity contribution in [3.63, 3.8) is 0 Å². The number of nitrogens with two attached hydrogens (primary N) is 1. The zero-order chi connectivity index (χ0) is 27.0. The van der Waals surface area contributed by atoms with Crippen LogP contribution in [-0.4, -0.2) is 36.5 Å². The number of amides is 1. The third-order valence-electron chi connectivity index (χ3n) is 6.59. The molecule has 202 valence electrons. The van der Waals surface area contributed by atoms with Gasteiger partial charge in [0, 0.05) is 31.5 Å². The molecule has 7 nitrogen and oxygen atoms in total. The van der Waals surface area contributed by atoms with E-state index in [-0.39, 0.29) is 0 Å². The monoisotopic (exact) mass is 518 g/mol. The van der Waals surface area contributed by atoms with Crippen LogP contribution in [0.3, 0.4) is 0 Å². The molecule has 1 aliphatic rings. The predicted octanol–water partition coefficient (Wildman–Crippen LogP) is 4.70. The molecule has 1 heterocycles. The Hall–Kier alpha value is -3.39. The minimum absolute atomic E-state index is 0.395. The van der Waals surface area contributed by atoms with Gasteiger partial charge < -0.3 is 30.4 Å². The average Bonchev–Trinajstić information content (AvgIpc) is 2.91. The van der Waals surface area contributed by atoms with Gasteiger partial charge in [0.2, 0.25) is 11.7 Å². The summed E-state index contributed by atoms with van der Waals surface area (Å²) in [6, 6.07) is 21.4. The SMILES string of the molecule is CC1(C)OCc2cc([C@H](O)CNCCc3ccc(OCCCCc4cccc(C(N)=O)c4)cc3)ccc2O1. The van der Waals surface area contributed by atoms with E-state index in [1.165, 1.54) is 5.56 Å². The molecule has 0 radical (unpaired) electrons. The Balaban J connectivity index is 1.11. The van der Waals surface area contributed by atoms with E-state index in [2.05, 4.69) is 17.4 Å². The Morgan fingerprint density at radius 3 is 2.66 bits per heavy atom. The number of primary amides is 1. The van der Waals surface area contributed by atoms with Gasteiger partial charge in [-0.3, -0.25) is 4.79 Å². The highest BCUT2D eigenvalue weighted by molar-refractivity contribution is 5.92. The number of nitrogens with one attached hydrogen (secondary N) is 1. The van der Waals surface area contributed by atoms with Gasteiger partial charge in [-0.25, -0.2) is 0 Å². The maximum Gasteiger partial charge on any atom is 0.248 e. The molecule has 3 aromatic carbocycles. The Morgan fingerprint density at radius 2 is 1.87 bits per heavy atom. The number of aliphatic hydroxyl groups is 1. The quantitative estimate of drug-likeness (QED) is 0.284. The molecule has 0 aromatic heterocycles. The predicted molar refractivity (Wildman–Crippen MR) is 147 cm³/mol. The van der Waals surface area contributed by atoms with E-state index < -0.39 is 17.8 Å². The molecule has 0 aliphatic carbocycles. The van der Waals surface area contributed by atoms with Crippen molar-refractivity contribution in [3.8, 4) is 11.5 Å². The average molecular weight is 519 g/mol. The van der Waals surface area contributed by atoms with Crippen molar-refractivity contribution in [2.45, 2.75) is 58.0 Å². The van der Waals surface area contributed by atoms with Gasteiger partial charge in [-0.15, -0.1) is 0 Å². The van der Waals surface area contributed by atoms with Crippen LogP contribution in [0, 0.1) is 0 Å². The molecule has 0 unspecified atom stereocenters. The summed E-state index contributed by atoms with van der Waals surface area (Å²) in [7, 11) is 0. The van der Waals surface area contributed by atoms with Crippen LogP contribution in [0.4, 0.5) is 0 Å². The first kappa shape index (κ1) is 27.6. The van der Waals surface area contributed by atoms with Crippen molar-refractivity contribution < 1.29 is 24.1 Å². The summed E-state index contributed by atoms with van der Waals surface area (Å²) in [6.07, 6.45) is 3.05. The largest absolute Gasteiger partial charge is 0.494 e. The van der Waals surface area contributed by atoms with E-state index >= 15 is 0 Å². The molecule has 3 aromatic rings. The van der Waals surface area contributed by atoms with Crippen LogP contribution in [0.25, 0.3) is 0 Å². The number of carbonyl (C=O) groups is 1. The van der Waals surface area contributed by atoms with E-state index in [0.717, 1.165) is 60.4 Å². The number of hydrogen-bond acceptors (Lipinski definition) is 6. The van der Waals surface area contributed by atoms with Gasteiger partial charge in [0.15, 0.2) is 0 Å². The Kier molecular flexibility index (Phi) is 9.39. The number of ether oxygens (including phenoxy) is 3. The third-order valence-corrected chi connectivity index (χ3v) is 6.59. The molecule has 0 spiro atoms. The van der Waals surface area contributed by atoms with E-state index in [0.29, 0.717) is 25.3 Å². The normalized spacial score (nSPS) is 14.8. The second-order valence-corrected chi connectivity index (χ2v) is 10.1. The van der Waals surface area contributed by atoms with Crippen molar-refractivity contribution in [2.24, 2.45) is 5.73 Å². The summed E-state index contributed by atoms with van der Waals surface area (Å²) in [5.74, 6) is 0.650. The number of unbranched alkanes of at least 4 members (excludes halogenated alkanes) is 1. The number of aliphatic hydroxyl groups excluding tert-OH is 1. The third kappa shape index (κ3) is 8.05. The van der Waals surface area contributed by atoms with E-state index in [4.69, 9.17) is 19.9 Å². The minimum atomic E-state index is -0.623. The molecule has 7 heteroatoms. The van der Waals surface area contributed by atoms with Crippen LogP contribution in [0.15, 0.2) is 66.7 Å². The van der Waals surface area contributed by atoms with Crippen molar-refractivity contribution in [1.29, 1.82) is 0 Å². The van der Waals surface area contributed by atoms with Gasteiger partial charge in [0.05, 0.1) is 19.3 Å². The van der Waals surface area contributed by atoms with Crippen LogP contribution >= 0.6 is 0 Å². The number of aryl methyl sites for hydroxylation is 1. The highest BCUT2D eigenvalue weighted by Gasteiger charge is 2.27. The molecule has 4 N–H and O–H groups in total. The second-order valence-electron chi connectivity index (χ2n) is 10.1. The Bertz CT molecular complexity index is 1210. The summed E-state index contributed by atoms with van der Waals surface area (Å²) in [5, 5.41) is 13.9. The molecule has 1 amide bonds. The smallest absolute Gasteiger partial charge is 0.248 e. The lowest BCUT2D eigenvalue weighted by Gasteiger charge is -2.33. The molecule has 0 saturated carbocycles. The lowest BCUT2D eigenvalue weighted by molar-refractivity contribution is -0.180. The topological polar surface area (TPSA) is 103 Å². The lowest BCUT2D eigenvalue weighted by Crippen LogP contribution is -2.35. The standard InChI is InChI=1S/C31H38N2O5/c1-31(2)37-21-26-19-24(11-14-29(26)38-31)28(34)20-33-16-15-22-9-12-27(13-10-22)36-17-4-3-6-23-7-5-8-25(18-23)30(32)35/h5,7-14,18-19,28,33-34H,3-4,6,15-17,20-21H2,1-2H3,(H2,32,35)/t28-/m1/s1. The molecule has 1 atom stereocenters. The summed E-state index contributed by atoms with van der Waals surface area (Å²) in [6.45, 7) is 6.14. The fourth-order valence-electron chi connectivity index (χ4n) is 4.41. The van der Waals surface area contributed by atoms with Crippen LogP contribution < -0.4 is 20.5 Å².